The molecular formula is C10H20O2. The van der Waals surface area contributed by atoms with Gasteiger partial charge in [-0.1, -0.05) is 20.8 Å². The molecule has 0 bridgehead atoms. The zero-order valence-corrected chi connectivity index (χ0v) is 8.29. The summed E-state index contributed by atoms with van der Waals surface area (Å²) >= 11 is 0. The normalized spacial score (nSPS) is 16.1. The predicted molar refractivity (Wildman–Crippen MR) is 49.9 cm³/mol. The van der Waals surface area contributed by atoms with Gasteiger partial charge in [0.05, 0.1) is 6.10 Å². The Labute approximate surface area is 75.0 Å². The number of rotatable bonds is 6. The highest BCUT2D eigenvalue weighted by Gasteiger charge is 2.11. The van der Waals surface area contributed by atoms with E-state index in [-0.39, 0.29) is 6.10 Å². The highest BCUT2D eigenvalue weighted by molar-refractivity contribution is 5.49. The van der Waals surface area contributed by atoms with Crippen LogP contribution in [0.3, 0.4) is 0 Å². The van der Waals surface area contributed by atoms with Gasteiger partial charge in [0.15, 0.2) is 0 Å². The maximum absolute atomic E-state index is 10.1. The molecule has 2 atom stereocenters. The second-order valence-corrected chi connectivity index (χ2v) is 4.03. The minimum Gasteiger partial charge on any atom is -0.393 e. The van der Waals surface area contributed by atoms with E-state index in [1.165, 1.54) is 0 Å². The molecule has 2 unspecified atom stereocenters. The third-order valence-corrected chi connectivity index (χ3v) is 1.92. The van der Waals surface area contributed by atoms with Gasteiger partial charge in [-0.2, -0.15) is 0 Å². The number of carbonyl (C=O) groups excluding carboxylic acids is 1. The highest BCUT2D eigenvalue weighted by Crippen LogP contribution is 2.14. The summed E-state index contributed by atoms with van der Waals surface area (Å²) in [5.74, 6) is 0.847. The molecule has 0 fully saturated rings. The summed E-state index contributed by atoms with van der Waals surface area (Å²) in [5, 5.41) is 9.50. The van der Waals surface area contributed by atoms with Crippen LogP contribution in [0, 0.1) is 11.8 Å². The molecule has 0 aromatic carbocycles. The Kier molecular flexibility index (Phi) is 5.99. The molecule has 0 saturated carbocycles. The summed E-state index contributed by atoms with van der Waals surface area (Å²) in [7, 11) is 0. The minimum absolute atomic E-state index is 0.236. The fraction of sp³-hybridized carbons (Fsp3) is 0.900. The molecule has 0 aromatic rings. The molecule has 0 heterocycles. The number of aliphatic hydroxyl groups excluding tert-OH is 1. The van der Waals surface area contributed by atoms with Crippen LogP contribution in [0.1, 0.15) is 40.0 Å². The molecule has 0 aliphatic heterocycles. The van der Waals surface area contributed by atoms with Crippen molar-refractivity contribution in [2.75, 3.05) is 0 Å². The average molecular weight is 172 g/mol. The maximum Gasteiger partial charge on any atom is 0.120 e. The Morgan fingerprint density at radius 2 is 1.83 bits per heavy atom. The highest BCUT2D eigenvalue weighted by atomic mass is 16.3. The fourth-order valence-corrected chi connectivity index (χ4v) is 1.37. The van der Waals surface area contributed by atoms with Gasteiger partial charge in [0.2, 0.25) is 0 Å². The smallest absolute Gasteiger partial charge is 0.120 e. The van der Waals surface area contributed by atoms with E-state index in [0.717, 1.165) is 19.1 Å². The standard InChI is InChI=1S/C10H20O2/c1-8(2)6-10(12)7-9(3)4-5-11/h5,8-10,12H,4,6-7H2,1-3H3. The number of hydrogen-bond acceptors (Lipinski definition) is 2. The Balaban J connectivity index is 3.53. The van der Waals surface area contributed by atoms with Crippen molar-refractivity contribution in [1.82, 2.24) is 0 Å². The SMILES string of the molecule is CC(C)CC(O)CC(C)CC=O. The van der Waals surface area contributed by atoms with Gasteiger partial charge in [-0.25, -0.2) is 0 Å². The van der Waals surface area contributed by atoms with Crippen molar-refractivity contribution in [3.05, 3.63) is 0 Å². The molecule has 2 nitrogen and oxygen atoms in total. The number of aldehydes is 1. The maximum atomic E-state index is 10.1. The Bertz CT molecular complexity index is 121. The van der Waals surface area contributed by atoms with Gasteiger partial charge in [0.1, 0.15) is 6.29 Å². The lowest BCUT2D eigenvalue weighted by Gasteiger charge is -2.15. The first-order valence-electron chi connectivity index (χ1n) is 4.68. The average Bonchev–Trinajstić information content (AvgIpc) is 1.84. The molecule has 0 aliphatic rings. The van der Waals surface area contributed by atoms with Crippen LogP contribution in [0.2, 0.25) is 0 Å². The quantitative estimate of drug-likeness (QED) is 0.622. The van der Waals surface area contributed by atoms with Crippen molar-refractivity contribution in [3.63, 3.8) is 0 Å². The first-order valence-corrected chi connectivity index (χ1v) is 4.68. The topological polar surface area (TPSA) is 37.3 Å². The molecule has 0 amide bonds. The Morgan fingerprint density at radius 1 is 1.25 bits per heavy atom. The summed E-state index contributed by atoms with van der Waals surface area (Å²) < 4.78 is 0. The lowest BCUT2D eigenvalue weighted by atomic mass is 9.95. The number of hydrogen-bond donors (Lipinski definition) is 1. The van der Waals surface area contributed by atoms with Crippen LogP contribution >= 0.6 is 0 Å². The van der Waals surface area contributed by atoms with E-state index < -0.39 is 0 Å². The van der Waals surface area contributed by atoms with Crippen molar-refractivity contribution in [3.8, 4) is 0 Å². The van der Waals surface area contributed by atoms with Gasteiger partial charge in [0.25, 0.3) is 0 Å². The molecular weight excluding hydrogens is 152 g/mol. The van der Waals surface area contributed by atoms with E-state index in [1.54, 1.807) is 0 Å². The van der Waals surface area contributed by atoms with E-state index in [4.69, 9.17) is 0 Å². The molecule has 1 N–H and O–H groups in total. The summed E-state index contributed by atoms with van der Waals surface area (Å²) in [5.41, 5.74) is 0. The molecule has 72 valence electrons. The minimum atomic E-state index is -0.236. The zero-order chi connectivity index (χ0) is 9.56. The van der Waals surface area contributed by atoms with E-state index in [9.17, 15) is 9.90 Å². The van der Waals surface area contributed by atoms with Gasteiger partial charge in [-0.15, -0.1) is 0 Å². The molecule has 0 aromatic heterocycles. The monoisotopic (exact) mass is 172 g/mol. The van der Waals surface area contributed by atoms with Crippen LogP contribution in [0.4, 0.5) is 0 Å². The van der Waals surface area contributed by atoms with Crippen LogP contribution in [-0.2, 0) is 4.79 Å². The third kappa shape index (κ3) is 6.35. The predicted octanol–water partition coefficient (Wildman–Crippen LogP) is 2.01. The lowest BCUT2D eigenvalue weighted by Crippen LogP contribution is -2.14. The van der Waals surface area contributed by atoms with Gasteiger partial charge in [0, 0.05) is 6.42 Å². The second-order valence-electron chi connectivity index (χ2n) is 4.03. The van der Waals surface area contributed by atoms with Crippen LogP contribution in [0.15, 0.2) is 0 Å². The van der Waals surface area contributed by atoms with Crippen LogP contribution < -0.4 is 0 Å². The van der Waals surface area contributed by atoms with Gasteiger partial charge < -0.3 is 9.90 Å². The fourth-order valence-electron chi connectivity index (χ4n) is 1.37. The molecule has 2 heteroatoms. The van der Waals surface area contributed by atoms with E-state index >= 15 is 0 Å². The largest absolute Gasteiger partial charge is 0.393 e. The van der Waals surface area contributed by atoms with Crippen molar-refractivity contribution < 1.29 is 9.90 Å². The van der Waals surface area contributed by atoms with Crippen molar-refractivity contribution in [2.24, 2.45) is 11.8 Å². The summed E-state index contributed by atoms with van der Waals surface area (Å²) in [6.07, 6.45) is 2.84. The molecule has 12 heavy (non-hydrogen) atoms. The first kappa shape index (κ1) is 11.6. The van der Waals surface area contributed by atoms with Crippen LogP contribution in [-0.4, -0.2) is 17.5 Å². The van der Waals surface area contributed by atoms with Crippen LogP contribution in [0.5, 0.6) is 0 Å². The first-order chi connectivity index (χ1) is 5.56. The molecule has 0 spiro atoms. The Morgan fingerprint density at radius 3 is 2.25 bits per heavy atom. The van der Waals surface area contributed by atoms with E-state index in [2.05, 4.69) is 13.8 Å². The molecule has 0 saturated heterocycles. The van der Waals surface area contributed by atoms with Crippen molar-refractivity contribution in [1.29, 1.82) is 0 Å². The van der Waals surface area contributed by atoms with Gasteiger partial charge in [-0.3, -0.25) is 0 Å². The van der Waals surface area contributed by atoms with Gasteiger partial charge in [-0.05, 0) is 24.7 Å². The third-order valence-electron chi connectivity index (χ3n) is 1.92. The van der Waals surface area contributed by atoms with Gasteiger partial charge >= 0.3 is 0 Å². The number of aliphatic hydroxyl groups is 1. The van der Waals surface area contributed by atoms with E-state index in [0.29, 0.717) is 18.3 Å². The molecule has 0 rings (SSSR count). The van der Waals surface area contributed by atoms with Crippen molar-refractivity contribution >= 4 is 6.29 Å². The summed E-state index contributed by atoms with van der Waals surface area (Å²) in [6.45, 7) is 6.18. The number of carbonyl (C=O) groups is 1. The summed E-state index contributed by atoms with van der Waals surface area (Å²) in [4.78, 5) is 10.1. The Hall–Kier alpha value is -0.370. The van der Waals surface area contributed by atoms with Crippen LogP contribution in [0.25, 0.3) is 0 Å². The summed E-state index contributed by atoms with van der Waals surface area (Å²) in [6, 6.07) is 0. The second kappa shape index (κ2) is 6.18. The molecule has 0 aliphatic carbocycles. The zero-order valence-electron chi connectivity index (χ0n) is 8.29. The van der Waals surface area contributed by atoms with Crippen molar-refractivity contribution in [2.45, 2.75) is 46.1 Å². The van der Waals surface area contributed by atoms with E-state index in [1.807, 2.05) is 6.92 Å². The molecule has 0 radical (unpaired) electrons. The lowest BCUT2D eigenvalue weighted by molar-refractivity contribution is -0.108.